The summed E-state index contributed by atoms with van der Waals surface area (Å²) in [6, 6.07) is 97.0. The van der Waals surface area contributed by atoms with Crippen LogP contribution in [0.3, 0.4) is 0 Å². The van der Waals surface area contributed by atoms with Crippen LogP contribution in [-0.2, 0) is 0 Å². The summed E-state index contributed by atoms with van der Waals surface area (Å²) in [7, 11) is -1.34. The molecule has 0 unspecified atom stereocenters. The molecule has 0 bridgehead atoms. The Hall–Kier alpha value is -5.25. The highest BCUT2D eigenvalue weighted by molar-refractivity contribution is 9.08. The van der Waals surface area contributed by atoms with E-state index < -0.39 is 23.8 Å². The van der Waals surface area contributed by atoms with Crippen molar-refractivity contribution in [1.82, 2.24) is 0 Å². The molecular formula is C55H48BrP3. The average Bonchev–Trinajstić information content (AvgIpc) is 3.34. The summed E-state index contributed by atoms with van der Waals surface area (Å²) in [5, 5.41) is 12.6. The first-order valence-corrected chi connectivity index (χ1v) is 25.2. The normalized spacial score (nSPS) is 10.3. The lowest BCUT2D eigenvalue weighted by Gasteiger charge is -2.18. The van der Waals surface area contributed by atoms with Gasteiger partial charge >= 0.3 is 0 Å². The summed E-state index contributed by atoms with van der Waals surface area (Å²) in [6.07, 6.45) is 0. The second kappa shape index (κ2) is 24.6. The third-order valence-corrected chi connectivity index (χ3v) is 16.5. The summed E-state index contributed by atoms with van der Waals surface area (Å²) in [6.45, 7) is 0. The first kappa shape index (κ1) is 43.3. The van der Waals surface area contributed by atoms with Gasteiger partial charge < -0.3 is 0 Å². The van der Waals surface area contributed by atoms with E-state index in [-0.39, 0.29) is 0 Å². The third kappa shape index (κ3) is 12.9. The van der Waals surface area contributed by atoms with Crippen LogP contribution in [0.4, 0.5) is 0 Å². The second-order valence-corrected chi connectivity index (χ2v) is 19.7. The van der Waals surface area contributed by atoms with E-state index in [1.807, 2.05) is 5.83 Å². The summed E-state index contributed by atoms with van der Waals surface area (Å²) < 4.78 is 0. The highest BCUT2D eigenvalue weighted by atomic mass is 79.9. The fraction of sp³-hybridized carbons (Fsp3) is 0.0182. The topological polar surface area (TPSA) is 0 Å². The molecule has 0 aliphatic carbocycles. The Balaban J connectivity index is 0.000000146. The van der Waals surface area contributed by atoms with Crippen molar-refractivity contribution in [2.75, 3.05) is 5.83 Å². The number of benzene rings is 9. The molecule has 9 aromatic carbocycles. The van der Waals surface area contributed by atoms with Gasteiger partial charge in [0.15, 0.2) is 0 Å². The fourth-order valence-corrected chi connectivity index (χ4v) is 13.5. The van der Waals surface area contributed by atoms with Crippen molar-refractivity contribution >= 4 is 87.4 Å². The maximum atomic E-state index is 2.94. The molecule has 9 aromatic rings. The zero-order chi connectivity index (χ0) is 40.7. The van der Waals surface area contributed by atoms with Gasteiger partial charge in [-0.05, 0) is 77.3 Å². The maximum Gasteiger partial charge on any atom is -0.00848 e. The molecule has 0 radical (unpaired) electrons. The molecule has 59 heavy (non-hydrogen) atoms. The smallest absolute Gasteiger partial charge is 0.00848 e. The monoisotopic (exact) mass is 880 g/mol. The summed E-state index contributed by atoms with van der Waals surface area (Å²) in [5.74, 6) is 1.81. The Labute approximate surface area is 364 Å². The van der Waals surface area contributed by atoms with Crippen molar-refractivity contribution in [3.8, 4) is 0 Å². The van der Waals surface area contributed by atoms with E-state index in [0.717, 1.165) is 0 Å². The Kier molecular flexibility index (Phi) is 18.1. The number of hydrogen-bond donors (Lipinski definition) is 0. The van der Waals surface area contributed by atoms with Gasteiger partial charge in [-0.1, -0.05) is 289 Å². The molecule has 4 heteroatoms. The number of hydrogen-bond acceptors (Lipinski definition) is 0. The van der Waals surface area contributed by atoms with Crippen molar-refractivity contribution in [2.45, 2.75) is 0 Å². The number of rotatable bonds is 9. The van der Waals surface area contributed by atoms with Crippen molar-refractivity contribution < 1.29 is 0 Å². The number of halogens is 1. The molecule has 0 aliphatic rings. The highest BCUT2D eigenvalue weighted by Gasteiger charge is 2.17. The molecule has 0 N–H and O–H groups in total. The van der Waals surface area contributed by atoms with Gasteiger partial charge in [0.05, 0.1) is 0 Å². The Morgan fingerprint density at radius 3 is 0.339 bits per heavy atom. The third-order valence-electron chi connectivity index (χ3n) is 9.13. The summed E-state index contributed by atoms with van der Waals surface area (Å²) in [5.41, 5.74) is 0. The van der Waals surface area contributed by atoms with Gasteiger partial charge in [0.2, 0.25) is 0 Å². The van der Waals surface area contributed by atoms with E-state index >= 15 is 0 Å². The minimum atomic E-state index is -0.446. The van der Waals surface area contributed by atoms with Crippen molar-refractivity contribution in [3.63, 3.8) is 0 Å². The van der Waals surface area contributed by atoms with Gasteiger partial charge in [-0.15, -0.1) is 0 Å². The van der Waals surface area contributed by atoms with Crippen LogP contribution < -0.4 is 47.7 Å². The van der Waals surface area contributed by atoms with Crippen molar-refractivity contribution in [2.24, 2.45) is 0 Å². The molecule has 290 valence electrons. The Bertz CT molecular complexity index is 1860. The van der Waals surface area contributed by atoms with E-state index in [4.69, 9.17) is 0 Å². The standard InChI is InChI=1S/3C18H15P.CH3Br/c3*1-4-10-16(11-5-1)19(17-12-6-2-7-13-17)18-14-8-3-9-15-18;1-2/h3*1-15H;1H3. The Morgan fingerprint density at radius 1 is 0.169 bits per heavy atom. The number of alkyl halides is 1. The van der Waals surface area contributed by atoms with E-state index in [1.54, 1.807) is 0 Å². The molecule has 0 spiro atoms. The average molecular weight is 882 g/mol. The first-order valence-electron chi connectivity index (χ1n) is 19.6. The van der Waals surface area contributed by atoms with Gasteiger partial charge in [-0.3, -0.25) is 0 Å². The first-order chi connectivity index (χ1) is 29.3. The van der Waals surface area contributed by atoms with Crippen LogP contribution in [-0.4, -0.2) is 5.83 Å². The molecule has 0 atom stereocenters. The minimum Gasteiger partial charge on any atom is -0.0966 e. The fourth-order valence-electron chi connectivity index (χ4n) is 6.54. The van der Waals surface area contributed by atoms with Crippen molar-refractivity contribution in [3.05, 3.63) is 273 Å². The zero-order valence-electron chi connectivity index (χ0n) is 33.2. The van der Waals surface area contributed by atoms with Gasteiger partial charge in [0.25, 0.3) is 0 Å². The minimum absolute atomic E-state index is 0.446. The summed E-state index contributed by atoms with van der Waals surface area (Å²) >= 11 is 2.94. The van der Waals surface area contributed by atoms with E-state index in [2.05, 4.69) is 289 Å². The Morgan fingerprint density at radius 2 is 0.254 bits per heavy atom. The molecule has 0 fully saturated rings. The lowest BCUT2D eigenvalue weighted by Crippen LogP contribution is -2.20. The maximum absolute atomic E-state index is 2.94. The molecule has 0 saturated carbocycles. The zero-order valence-corrected chi connectivity index (χ0v) is 37.5. The van der Waals surface area contributed by atoms with Crippen molar-refractivity contribution in [1.29, 1.82) is 0 Å². The molecule has 0 nitrogen and oxygen atoms in total. The predicted octanol–water partition coefficient (Wildman–Crippen LogP) is 11.3. The van der Waals surface area contributed by atoms with Crippen LogP contribution in [0.25, 0.3) is 0 Å². The van der Waals surface area contributed by atoms with Crippen LogP contribution >= 0.6 is 39.7 Å². The molecule has 0 saturated heterocycles. The quantitative estimate of drug-likeness (QED) is 0.100. The largest absolute Gasteiger partial charge is 0.0966 e. The van der Waals surface area contributed by atoms with E-state index in [9.17, 15) is 0 Å². The highest BCUT2D eigenvalue weighted by Crippen LogP contribution is 2.34. The molecule has 0 amide bonds. The van der Waals surface area contributed by atoms with Crippen LogP contribution in [0.1, 0.15) is 0 Å². The molecule has 0 aliphatic heterocycles. The summed E-state index contributed by atoms with van der Waals surface area (Å²) in [4.78, 5) is 0. The van der Waals surface area contributed by atoms with E-state index in [1.165, 1.54) is 47.7 Å². The molecule has 9 rings (SSSR count). The van der Waals surface area contributed by atoms with Crippen LogP contribution in [0.2, 0.25) is 0 Å². The predicted molar refractivity (Wildman–Crippen MR) is 270 cm³/mol. The lowest BCUT2D eigenvalue weighted by atomic mass is 10.4. The molecule has 0 heterocycles. The van der Waals surface area contributed by atoms with Gasteiger partial charge in [-0.2, -0.15) is 0 Å². The SMILES string of the molecule is CBr.c1ccc(P(c2ccccc2)c2ccccc2)cc1.c1ccc(P(c2ccccc2)c2ccccc2)cc1.c1ccc(P(c2ccccc2)c2ccccc2)cc1. The lowest BCUT2D eigenvalue weighted by molar-refractivity contribution is 1.74. The van der Waals surface area contributed by atoms with Crippen LogP contribution in [0.5, 0.6) is 0 Å². The van der Waals surface area contributed by atoms with Gasteiger partial charge in [-0.25, -0.2) is 0 Å². The molecule has 0 aromatic heterocycles. The van der Waals surface area contributed by atoms with Crippen LogP contribution in [0.15, 0.2) is 273 Å². The van der Waals surface area contributed by atoms with Crippen LogP contribution in [0, 0.1) is 0 Å². The second-order valence-electron chi connectivity index (χ2n) is 13.0. The van der Waals surface area contributed by atoms with Gasteiger partial charge in [0, 0.05) is 0 Å². The molecular weight excluding hydrogens is 833 g/mol. The van der Waals surface area contributed by atoms with E-state index in [0.29, 0.717) is 0 Å². The van der Waals surface area contributed by atoms with Gasteiger partial charge in [0.1, 0.15) is 0 Å².